The van der Waals surface area contributed by atoms with E-state index in [1.165, 1.54) is 0 Å². The summed E-state index contributed by atoms with van der Waals surface area (Å²) in [6.07, 6.45) is 0. The number of hydrogen-bond acceptors (Lipinski definition) is 7. The fourth-order valence-electron chi connectivity index (χ4n) is 1.20. The second-order valence-electron chi connectivity index (χ2n) is 3.70. The van der Waals surface area contributed by atoms with E-state index in [0.29, 0.717) is 0 Å². The van der Waals surface area contributed by atoms with Gasteiger partial charge in [-0.25, -0.2) is 9.82 Å². The zero-order valence-electron chi connectivity index (χ0n) is 9.72. The smallest absolute Gasteiger partial charge is 0.253 e. The predicted molar refractivity (Wildman–Crippen MR) is 61.4 cm³/mol. The normalized spacial score (nSPS) is 12.2. The largest absolute Gasteiger partial charge is 0.504 e. The van der Waals surface area contributed by atoms with Gasteiger partial charge in [-0.3, -0.25) is 10.2 Å². The zero-order chi connectivity index (χ0) is 14.6. The van der Waals surface area contributed by atoms with E-state index in [2.05, 4.69) is 10.9 Å². The number of aliphatic hydroxyl groups excluding tert-OH is 1. The van der Waals surface area contributed by atoms with E-state index in [1.807, 2.05) is 0 Å². The van der Waals surface area contributed by atoms with Crippen molar-refractivity contribution in [2.45, 2.75) is 12.6 Å². The zero-order valence-corrected chi connectivity index (χ0v) is 9.72. The van der Waals surface area contributed by atoms with Gasteiger partial charge in [0.2, 0.25) is 5.75 Å². The summed E-state index contributed by atoms with van der Waals surface area (Å²) in [5.74, 6) is -4.59. The Morgan fingerprint density at radius 3 is 2.53 bits per heavy atom. The van der Waals surface area contributed by atoms with Crippen LogP contribution in [0.2, 0.25) is 0 Å². The van der Waals surface area contributed by atoms with Gasteiger partial charge in [0.25, 0.3) is 5.91 Å². The Kier molecular flexibility index (Phi) is 4.87. The molecule has 0 radical (unpaired) electrons. The molecule has 0 saturated heterocycles. The highest BCUT2D eigenvalue weighted by Gasteiger charge is 2.17. The van der Waals surface area contributed by atoms with Crippen molar-refractivity contribution in [1.82, 2.24) is 10.9 Å². The highest BCUT2D eigenvalue weighted by molar-refractivity contribution is 5.81. The first kappa shape index (κ1) is 15.0. The molecule has 1 rings (SSSR count). The summed E-state index contributed by atoms with van der Waals surface area (Å²) in [7, 11) is 0. The molecule has 8 nitrogen and oxygen atoms in total. The maximum absolute atomic E-state index is 13.1. The molecule has 0 spiro atoms. The van der Waals surface area contributed by atoms with Crippen molar-refractivity contribution in [2.75, 3.05) is 6.61 Å². The molecule has 8 N–H and O–H groups in total. The van der Waals surface area contributed by atoms with Crippen molar-refractivity contribution in [2.24, 2.45) is 5.73 Å². The number of aliphatic hydroxyl groups is 1. The summed E-state index contributed by atoms with van der Waals surface area (Å²) in [6, 6.07) is -0.332. The van der Waals surface area contributed by atoms with E-state index in [4.69, 9.17) is 15.9 Å². The van der Waals surface area contributed by atoms with E-state index in [0.717, 1.165) is 6.07 Å². The summed E-state index contributed by atoms with van der Waals surface area (Å²) in [5, 5.41) is 36.2. The molecule has 0 aromatic heterocycles. The monoisotopic (exact) mass is 275 g/mol. The van der Waals surface area contributed by atoms with Crippen LogP contribution in [0.25, 0.3) is 0 Å². The number of phenols is 3. The fraction of sp³-hybridized carbons (Fsp3) is 0.300. The minimum absolute atomic E-state index is 0.0920. The third-order valence-electron chi connectivity index (χ3n) is 2.30. The predicted octanol–water partition coefficient (Wildman–Crippen LogP) is -1.62. The molecule has 1 amide bonds. The van der Waals surface area contributed by atoms with Crippen LogP contribution >= 0.6 is 0 Å². The van der Waals surface area contributed by atoms with Gasteiger partial charge in [-0.2, -0.15) is 0 Å². The van der Waals surface area contributed by atoms with Gasteiger partial charge >= 0.3 is 0 Å². The van der Waals surface area contributed by atoms with Crippen LogP contribution in [-0.4, -0.2) is 39.0 Å². The van der Waals surface area contributed by atoms with Crippen molar-refractivity contribution >= 4 is 5.91 Å². The number of rotatable bonds is 5. The van der Waals surface area contributed by atoms with Crippen molar-refractivity contribution in [3.63, 3.8) is 0 Å². The van der Waals surface area contributed by atoms with Gasteiger partial charge in [-0.05, 0) is 6.07 Å². The van der Waals surface area contributed by atoms with E-state index < -0.39 is 41.6 Å². The van der Waals surface area contributed by atoms with E-state index >= 15 is 0 Å². The lowest BCUT2D eigenvalue weighted by atomic mass is 10.1. The second-order valence-corrected chi connectivity index (χ2v) is 3.70. The van der Waals surface area contributed by atoms with E-state index in [-0.39, 0.29) is 12.1 Å². The minimum atomic E-state index is -1.12. The highest BCUT2D eigenvalue weighted by atomic mass is 19.1. The molecule has 0 bridgehead atoms. The van der Waals surface area contributed by atoms with Crippen molar-refractivity contribution in [1.29, 1.82) is 0 Å². The highest BCUT2D eigenvalue weighted by Crippen LogP contribution is 2.39. The SMILES string of the molecule is NC(CO)C(=O)NNCc1cc(F)c(O)c(O)c1O. The summed E-state index contributed by atoms with van der Waals surface area (Å²) in [5.41, 5.74) is 9.55. The number of hydrazine groups is 1. The molecular formula is C10H14FN3O5. The summed E-state index contributed by atoms with van der Waals surface area (Å²) in [4.78, 5) is 11.2. The Morgan fingerprint density at radius 1 is 1.32 bits per heavy atom. The van der Waals surface area contributed by atoms with Crippen LogP contribution in [0.3, 0.4) is 0 Å². The van der Waals surface area contributed by atoms with Gasteiger partial charge in [-0.1, -0.05) is 0 Å². The number of carbonyl (C=O) groups excluding carboxylic acids is 1. The molecule has 0 heterocycles. The van der Waals surface area contributed by atoms with Crippen LogP contribution in [0, 0.1) is 5.82 Å². The number of halogens is 1. The summed E-state index contributed by atoms with van der Waals surface area (Å²) in [6.45, 7) is -0.784. The van der Waals surface area contributed by atoms with Crippen LogP contribution in [-0.2, 0) is 11.3 Å². The number of amides is 1. The van der Waals surface area contributed by atoms with Gasteiger partial charge in [0.1, 0.15) is 6.04 Å². The molecule has 106 valence electrons. The van der Waals surface area contributed by atoms with Crippen LogP contribution in [0.4, 0.5) is 4.39 Å². The van der Waals surface area contributed by atoms with Gasteiger partial charge in [0.05, 0.1) is 6.61 Å². The van der Waals surface area contributed by atoms with Crippen molar-refractivity contribution < 1.29 is 29.6 Å². The molecule has 1 atom stereocenters. The van der Waals surface area contributed by atoms with Gasteiger partial charge in [0.15, 0.2) is 17.3 Å². The first-order chi connectivity index (χ1) is 8.88. The summed E-state index contributed by atoms with van der Waals surface area (Å²) < 4.78 is 13.1. The average Bonchev–Trinajstić information content (AvgIpc) is 2.40. The average molecular weight is 275 g/mol. The maximum Gasteiger partial charge on any atom is 0.253 e. The molecule has 0 saturated carbocycles. The maximum atomic E-state index is 13.1. The Bertz CT molecular complexity index is 483. The molecule has 0 aliphatic heterocycles. The molecule has 0 aliphatic rings. The molecule has 0 aliphatic carbocycles. The van der Waals surface area contributed by atoms with E-state index in [9.17, 15) is 19.4 Å². The Labute approximate surface area is 107 Å². The third-order valence-corrected chi connectivity index (χ3v) is 2.30. The Morgan fingerprint density at radius 2 is 1.95 bits per heavy atom. The number of nitrogens with two attached hydrogens (primary N) is 1. The molecule has 1 aromatic carbocycles. The quantitative estimate of drug-likeness (QED) is 0.252. The fourth-order valence-corrected chi connectivity index (χ4v) is 1.20. The van der Waals surface area contributed by atoms with Gasteiger partial charge < -0.3 is 26.2 Å². The van der Waals surface area contributed by atoms with Crippen molar-refractivity contribution in [3.8, 4) is 17.2 Å². The number of phenolic OH excluding ortho intramolecular Hbond substituents is 3. The first-order valence-corrected chi connectivity index (χ1v) is 5.19. The van der Waals surface area contributed by atoms with Crippen LogP contribution in [0.15, 0.2) is 6.07 Å². The van der Waals surface area contributed by atoms with E-state index in [1.54, 1.807) is 0 Å². The molecule has 1 aromatic rings. The number of benzene rings is 1. The molecular weight excluding hydrogens is 261 g/mol. The standard InChI is InChI=1S/C10H14FN3O5/c11-5-1-4(7(16)9(18)8(5)17)2-13-14-10(19)6(12)3-15/h1,6,13,15-18H,2-3,12H2,(H,14,19). The third kappa shape index (κ3) is 3.44. The Hall–Kier alpha value is -2.10. The number of hydrogen-bond donors (Lipinski definition) is 7. The van der Waals surface area contributed by atoms with Crippen LogP contribution in [0.1, 0.15) is 5.56 Å². The lowest BCUT2D eigenvalue weighted by Crippen LogP contribution is -2.48. The van der Waals surface area contributed by atoms with Gasteiger partial charge in [-0.15, -0.1) is 0 Å². The molecule has 1 unspecified atom stereocenters. The molecule has 9 heteroatoms. The lowest BCUT2D eigenvalue weighted by molar-refractivity contribution is -0.124. The Balaban J connectivity index is 2.67. The topological polar surface area (TPSA) is 148 Å². The minimum Gasteiger partial charge on any atom is -0.504 e. The van der Waals surface area contributed by atoms with Crippen LogP contribution in [0.5, 0.6) is 17.2 Å². The van der Waals surface area contributed by atoms with Crippen LogP contribution < -0.4 is 16.6 Å². The molecule has 0 fully saturated rings. The number of nitrogens with one attached hydrogen (secondary N) is 2. The number of carbonyl (C=O) groups is 1. The second kappa shape index (κ2) is 6.18. The van der Waals surface area contributed by atoms with Gasteiger partial charge in [0, 0.05) is 12.1 Å². The summed E-state index contributed by atoms with van der Waals surface area (Å²) >= 11 is 0. The number of aromatic hydroxyl groups is 3. The first-order valence-electron chi connectivity index (χ1n) is 5.19. The molecule has 19 heavy (non-hydrogen) atoms. The van der Waals surface area contributed by atoms with Crippen molar-refractivity contribution in [3.05, 3.63) is 17.4 Å². The lowest BCUT2D eigenvalue weighted by Gasteiger charge is -2.12.